The molecule has 0 spiro atoms. The van der Waals surface area contributed by atoms with Crippen molar-refractivity contribution in [3.8, 4) is 17.0 Å². The summed E-state index contributed by atoms with van der Waals surface area (Å²) in [5.74, 6) is 2.46. The second-order valence-electron chi connectivity index (χ2n) is 6.82. The molecule has 2 heterocycles. The van der Waals surface area contributed by atoms with Crippen LogP contribution < -0.4 is 4.74 Å². The number of aliphatic hydroxyl groups is 1. The first kappa shape index (κ1) is 16.1. The van der Waals surface area contributed by atoms with Crippen LogP contribution in [0.4, 0.5) is 0 Å². The number of ether oxygens (including phenoxy) is 1. The van der Waals surface area contributed by atoms with Crippen molar-refractivity contribution in [2.45, 2.75) is 45.4 Å². The van der Waals surface area contributed by atoms with Crippen molar-refractivity contribution in [1.29, 1.82) is 0 Å². The Balaban J connectivity index is 1.81. The zero-order chi connectivity index (χ0) is 17.6. The molecule has 1 aliphatic heterocycles. The van der Waals surface area contributed by atoms with Gasteiger partial charge in [-0.05, 0) is 31.0 Å². The summed E-state index contributed by atoms with van der Waals surface area (Å²) >= 11 is 0. The van der Waals surface area contributed by atoms with E-state index in [-0.39, 0.29) is 12.5 Å². The molecule has 1 saturated carbocycles. The summed E-state index contributed by atoms with van der Waals surface area (Å²) in [6.45, 7) is 3.66. The van der Waals surface area contributed by atoms with Gasteiger partial charge in [-0.15, -0.1) is 0 Å². The van der Waals surface area contributed by atoms with Crippen molar-refractivity contribution in [1.82, 2.24) is 14.5 Å². The maximum atomic E-state index is 11.8. The first-order valence-corrected chi connectivity index (χ1v) is 8.75. The molecule has 4 rings (SSSR count). The Morgan fingerprint density at radius 1 is 1.36 bits per heavy atom. The van der Waals surface area contributed by atoms with Crippen LogP contribution in [0.2, 0.25) is 0 Å². The quantitative estimate of drug-likeness (QED) is 0.926. The minimum atomic E-state index is -0.0812. The maximum Gasteiger partial charge on any atom is 0.219 e. The molecule has 1 N–H and O–H groups in total. The van der Waals surface area contributed by atoms with Crippen molar-refractivity contribution in [2.24, 2.45) is 0 Å². The summed E-state index contributed by atoms with van der Waals surface area (Å²) in [5.41, 5.74) is 3.72. The van der Waals surface area contributed by atoms with E-state index < -0.39 is 0 Å². The lowest BCUT2D eigenvalue weighted by molar-refractivity contribution is -0.130. The van der Waals surface area contributed by atoms with E-state index in [9.17, 15) is 9.90 Å². The number of amides is 1. The van der Waals surface area contributed by atoms with Crippen LogP contribution in [0.3, 0.4) is 0 Å². The number of carbonyl (C=O) groups is 1. The third kappa shape index (κ3) is 2.80. The summed E-state index contributed by atoms with van der Waals surface area (Å²) in [4.78, 5) is 18.7. The Kier molecular flexibility index (Phi) is 4.00. The van der Waals surface area contributed by atoms with Gasteiger partial charge in [-0.25, -0.2) is 4.98 Å². The number of nitrogens with zero attached hydrogens (tertiary/aromatic N) is 3. The van der Waals surface area contributed by atoms with E-state index in [0.29, 0.717) is 18.2 Å². The number of methoxy groups -OCH3 is 1. The molecule has 6 nitrogen and oxygen atoms in total. The Labute approximate surface area is 147 Å². The lowest BCUT2D eigenvalue weighted by atomic mass is 10.0. The number of aromatic nitrogens is 2. The van der Waals surface area contributed by atoms with Crippen molar-refractivity contribution >= 4 is 5.91 Å². The predicted molar refractivity (Wildman–Crippen MR) is 93.2 cm³/mol. The zero-order valence-electron chi connectivity index (χ0n) is 14.7. The second kappa shape index (κ2) is 6.19. The largest absolute Gasteiger partial charge is 0.496 e. The lowest BCUT2D eigenvalue weighted by Gasteiger charge is -2.28. The predicted octanol–water partition coefficient (Wildman–Crippen LogP) is 2.29. The highest BCUT2D eigenvalue weighted by molar-refractivity contribution is 5.74. The summed E-state index contributed by atoms with van der Waals surface area (Å²) in [5, 5.41) is 9.62. The van der Waals surface area contributed by atoms with E-state index in [1.807, 2.05) is 23.1 Å². The van der Waals surface area contributed by atoms with Crippen LogP contribution in [0.1, 0.15) is 42.8 Å². The number of hydrogen-bond donors (Lipinski definition) is 1. The Bertz CT molecular complexity index is 824. The molecule has 0 radical (unpaired) electrons. The summed E-state index contributed by atoms with van der Waals surface area (Å²) in [7, 11) is 1.60. The van der Waals surface area contributed by atoms with Crippen molar-refractivity contribution in [3.63, 3.8) is 0 Å². The fourth-order valence-corrected chi connectivity index (χ4v) is 3.60. The Hall–Kier alpha value is -2.34. The maximum absolute atomic E-state index is 11.8. The van der Waals surface area contributed by atoms with Gasteiger partial charge in [-0.2, -0.15) is 0 Å². The molecule has 6 heteroatoms. The minimum Gasteiger partial charge on any atom is -0.496 e. The minimum absolute atomic E-state index is 0.0812. The van der Waals surface area contributed by atoms with Gasteiger partial charge in [0.1, 0.15) is 11.6 Å². The van der Waals surface area contributed by atoms with Crippen LogP contribution in [-0.4, -0.2) is 39.1 Å². The summed E-state index contributed by atoms with van der Waals surface area (Å²) in [6.07, 6.45) is 2.38. The number of carbonyl (C=O) groups excluding carboxylic acids is 1. The lowest BCUT2D eigenvalue weighted by Crippen LogP contribution is -2.37. The summed E-state index contributed by atoms with van der Waals surface area (Å²) in [6, 6.07) is 5.78. The number of rotatable bonds is 4. The van der Waals surface area contributed by atoms with E-state index in [4.69, 9.17) is 9.72 Å². The van der Waals surface area contributed by atoms with Crippen molar-refractivity contribution < 1.29 is 14.6 Å². The molecule has 2 aliphatic rings. The third-order valence-electron chi connectivity index (χ3n) is 5.15. The van der Waals surface area contributed by atoms with Crippen LogP contribution >= 0.6 is 0 Å². The van der Waals surface area contributed by atoms with Gasteiger partial charge in [0.05, 0.1) is 31.6 Å². The van der Waals surface area contributed by atoms with E-state index >= 15 is 0 Å². The molecule has 1 fully saturated rings. The highest BCUT2D eigenvalue weighted by atomic mass is 16.5. The molecule has 0 saturated heterocycles. The van der Waals surface area contributed by atoms with Gasteiger partial charge in [-0.1, -0.05) is 0 Å². The van der Waals surface area contributed by atoms with Crippen LogP contribution in [0, 0.1) is 0 Å². The average Bonchev–Trinajstić information content (AvgIpc) is 3.41. The van der Waals surface area contributed by atoms with Crippen molar-refractivity contribution in [3.05, 3.63) is 35.3 Å². The van der Waals surface area contributed by atoms with Crippen molar-refractivity contribution in [2.75, 3.05) is 13.7 Å². The van der Waals surface area contributed by atoms with Gasteiger partial charge >= 0.3 is 0 Å². The molecule has 0 unspecified atom stereocenters. The Morgan fingerprint density at radius 3 is 2.80 bits per heavy atom. The SMILES string of the molecule is COc1ccc(-c2nc(C3CC3)n3c2CN(C(C)=O)CC3)cc1CO. The topological polar surface area (TPSA) is 67.6 Å². The zero-order valence-corrected chi connectivity index (χ0v) is 14.7. The number of hydrogen-bond acceptors (Lipinski definition) is 4. The number of aliphatic hydroxyl groups excluding tert-OH is 1. The van der Waals surface area contributed by atoms with Crippen LogP contribution in [0.15, 0.2) is 18.2 Å². The molecule has 25 heavy (non-hydrogen) atoms. The molecule has 0 bridgehead atoms. The normalized spacial score (nSPS) is 16.7. The van der Waals surface area contributed by atoms with Crippen LogP contribution in [-0.2, 0) is 24.5 Å². The Morgan fingerprint density at radius 2 is 2.16 bits per heavy atom. The number of imidazole rings is 1. The monoisotopic (exact) mass is 341 g/mol. The highest BCUT2D eigenvalue weighted by Gasteiger charge is 2.34. The molecule has 1 aromatic carbocycles. The molecular formula is C19H23N3O3. The second-order valence-corrected chi connectivity index (χ2v) is 6.82. The van der Waals surface area contributed by atoms with Gasteiger partial charge < -0.3 is 19.3 Å². The van der Waals surface area contributed by atoms with Gasteiger partial charge in [0.2, 0.25) is 5.91 Å². The van der Waals surface area contributed by atoms with Gasteiger partial charge in [0.15, 0.2) is 0 Å². The molecule has 132 valence electrons. The molecule has 0 atom stereocenters. The molecule has 1 aliphatic carbocycles. The first-order valence-electron chi connectivity index (χ1n) is 8.75. The van der Waals surface area contributed by atoms with E-state index in [0.717, 1.165) is 41.4 Å². The molecule has 1 amide bonds. The smallest absolute Gasteiger partial charge is 0.219 e. The van der Waals surface area contributed by atoms with E-state index in [2.05, 4.69) is 4.57 Å². The fourth-order valence-electron chi connectivity index (χ4n) is 3.60. The number of benzene rings is 1. The van der Waals surface area contributed by atoms with Crippen LogP contribution in [0.25, 0.3) is 11.3 Å². The third-order valence-corrected chi connectivity index (χ3v) is 5.15. The molecule has 1 aromatic heterocycles. The van der Waals surface area contributed by atoms with Crippen LogP contribution in [0.5, 0.6) is 5.75 Å². The van der Waals surface area contributed by atoms with Gasteiger partial charge in [-0.3, -0.25) is 4.79 Å². The highest BCUT2D eigenvalue weighted by Crippen LogP contribution is 2.42. The standard InChI is InChI=1S/C19H23N3O3/c1-12(24)21-7-8-22-16(10-21)18(20-19(22)13-3-4-13)14-5-6-17(25-2)15(9-14)11-23/h5-6,9,13,23H,3-4,7-8,10-11H2,1-2H3. The molecular weight excluding hydrogens is 318 g/mol. The van der Waals surface area contributed by atoms with E-state index in [1.54, 1.807) is 14.0 Å². The molecule has 2 aromatic rings. The average molecular weight is 341 g/mol. The van der Waals surface area contributed by atoms with E-state index in [1.165, 1.54) is 12.8 Å². The van der Waals surface area contributed by atoms with Gasteiger partial charge in [0.25, 0.3) is 0 Å². The summed E-state index contributed by atoms with van der Waals surface area (Å²) < 4.78 is 7.60. The fraction of sp³-hybridized carbons (Fsp3) is 0.474. The first-order chi connectivity index (χ1) is 12.1. The number of fused-ring (bicyclic) bond motifs is 1. The van der Waals surface area contributed by atoms with Gasteiger partial charge in [0, 0.05) is 37.1 Å².